The quantitative estimate of drug-likeness (QED) is 0.566. The molecule has 2 aromatic heterocycles. The van der Waals surface area contributed by atoms with E-state index in [-0.39, 0.29) is 12.5 Å². The fourth-order valence-electron chi connectivity index (χ4n) is 3.36. The Bertz CT molecular complexity index is 976. The summed E-state index contributed by atoms with van der Waals surface area (Å²) in [7, 11) is 1.92. The number of halogens is 1. The molecule has 7 nitrogen and oxygen atoms in total. The minimum Gasteiger partial charge on any atom is -0.484 e. The molecule has 0 unspecified atom stereocenters. The van der Waals surface area contributed by atoms with Crippen LogP contribution in [0.2, 0.25) is 0 Å². The molecule has 152 valence electrons. The van der Waals surface area contributed by atoms with Gasteiger partial charge in [0.15, 0.2) is 5.76 Å². The number of furan rings is 1. The van der Waals surface area contributed by atoms with E-state index in [1.807, 2.05) is 53.3 Å². The fraction of sp³-hybridized carbons (Fsp3) is 0.333. The number of hydrogen-bond acceptors (Lipinski definition) is 5. The molecule has 1 aliphatic rings. The lowest BCUT2D eigenvalue weighted by Gasteiger charge is -2.34. The van der Waals surface area contributed by atoms with Crippen LogP contribution < -0.4 is 4.74 Å². The van der Waals surface area contributed by atoms with Crippen molar-refractivity contribution in [1.29, 1.82) is 0 Å². The van der Waals surface area contributed by atoms with Gasteiger partial charge in [0.25, 0.3) is 5.91 Å². The van der Waals surface area contributed by atoms with E-state index in [2.05, 4.69) is 25.9 Å². The van der Waals surface area contributed by atoms with Crippen molar-refractivity contribution in [1.82, 2.24) is 19.6 Å². The maximum absolute atomic E-state index is 12.8. The van der Waals surface area contributed by atoms with Gasteiger partial charge in [-0.15, -0.1) is 0 Å². The highest BCUT2D eigenvalue weighted by atomic mass is 79.9. The van der Waals surface area contributed by atoms with Crippen molar-refractivity contribution in [2.45, 2.75) is 13.2 Å². The molecule has 1 saturated heterocycles. The predicted molar refractivity (Wildman–Crippen MR) is 112 cm³/mol. The Morgan fingerprint density at radius 1 is 1.17 bits per heavy atom. The molecular weight excluding hydrogens is 436 g/mol. The van der Waals surface area contributed by atoms with Crippen molar-refractivity contribution in [3.05, 3.63) is 70.3 Å². The third-order valence-electron chi connectivity index (χ3n) is 4.90. The first kappa shape index (κ1) is 19.7. The minimum atomic E-state index is -0.0711. The zero-order chi connectivity index (χ0) is 20.2. The molecule has 1 fully saturated rings. The predicted octanol–water partition coefficient (Wildman–Crippen LogP) is 3.31. The van der Waals surface area contributed by atoms with Crippen LogP contribution in [-0.2, 0) is 20.2 Å². The Labute approximate surface area is 178 Å². The number of piperazine rings is 1. The van der Waals surface area contributed by atoms with E-state index in [4.69, 9.17) is 9.15 Å². The molecule has 0 N–H and O–H groups in total. The number of rotatable bonds is 6. The summed E-state index contributed by atoms with van der Waals surface area (Å²) >= 11 is 3.45. The number of ether oxygens (including phenoxy) is 1. The van der Waals surface area contributed by atoms with Gasteiger partial charge in [0.1, 0.15) is 18.1 Å². The summed E-state index contributed by atoms with van der Waals surface area (Å²) < 4.78 is 14.2. The Kier molecular flexibility index (Phi) is 6.01. The normalized spacial score (nSPS) is 14.9. The number of nitrogens with zero attached hydrogens (tertiary/aromatic N) is 4. The van der Waals surface area contributed by atoms with Gasteiger partial charge in [-0.2, -0.15) is 5.10 Å². The van der Waals surface area contributed by atoms with E-state index in [0.29, 0.717) is 24.6 Å². The molecule has 4 rings (SSSR count). The Balaban J connectivity index is 1.28. The largest absolute Gasteiger partial charge is 0.484 e. The molecule has 1 aromatic carbocycles. The van der Waals surface area contributed by atoms with Crippen molar-refractivity contribution >= 4 is 21.8 Å². The standard InChI is InChI=1S/C21H23BrN4O3/c1-24-13-16(12-23-24)14-25-8-10-26(11-9-25)21(27)20-7-6-17(29-20)15-28-19-5-3-2-4-18(19)22/h2-7,12-13H,8-11,14-15H2,1H3. The van der Waals surface area contributed by atoms with Gasteiger partial charge in [0, 0.05) is 51.5 Å². The van der Waals surface area contributed by atoms with Crippen molar-refractivity contribution < 1.29 is 13.9 Å². The second-order valence-corrected chi connectivity index (χ2v) is 7.93. The number of carbonyl (C=O) groups excluding carboxylic acids is 1. The van der Waals surface area contributed by atoms with Gasteiger partial charge in [-0.3, -0.25) is 14.4 Å². The number of carbonyl (C=O) groups is 1. The molecule has 3 aromatic rings. The van der Waals surface area contributed by atoms with Crippen LogP contribution in [0.4, 0.5) is 0 Å². The minimum absolute atomic E-state index is 0.0711. The third kappa shape index (κ3) is 4.89. The van der Waals surface area contributed by atoms with Crippen LogP contribution in [0.3, 0.4) is 0 Å². The second kappa shape index (κ2) is 8.84. The third-order valence-corrected chi connectivity index (χ3v) is 5.56. The van der Waals surface area contributed by atoms with E-state index in [1.165, 1.54) is 5.56 Å². The highest BCUT2D eigenvalue weighted by Gasteiger charge is 2.24. The van der Waals surface area contributed by atoms with E-state index in [1.54, 1.807) is 12.1 Å². The molecular formula is C21H23BrN4O3. The average Bonchev–Trinajstić information content (AvgIpc) is 3.36. The van der Waals surface area contributed by atoms with Crippen molar-refractivity contribution in [3.8, 4) is 5.75 Å². The molecule has 0 radical (unpaired) electrons. The monoisotopic (exact) mass is 458 g/mol. The fourth-order valence-corrected chi connectivity index (χ4v) is 3.76. The summed E-state index contributed by atoms with van der Waals surface area (Å²) in [6.45, 7) is 4.16. The number of aromatic nitrogens is 2. The van der Waals surface area contributed by atoms with Gasteiger partial charge in [-0.05, 0) is 40.2 Å². The zero-order valence-corrected chi connectivity index (χ0v) is 17.8. The molecule has 0 aliphatic carbocycles. The van der Waals surface area contributed by atoms with Gasteiger partial charge in [0.2, 0.25) is 0 Å². The molecule has 0 atom stereocenters. The van der Waals surface area contributed by atoms with Gasteiger partial charge in [0.05, 0.1) is 10.7 Å². The SMILES string of the molecule is Cn1cc(CN2CCN(C(=O)c3ccc(COc4ccccc4Br)o3)CC2)cn1. The Hall–Kier alpha value is -2.58. The molecule has 1 amide bonds. The lowest BCUT2D eigenvalue weighted by molar-refractivity contribution is 0.0594. The van der Waals surface area contributed by atoms with Crippen LogP contribution in [0, 0.1) is 0 Å². The second-order valence-electron chi connectivity index (χ2n) is 7.08. The first-order valence-electron chi connectivity index (χ1n) is 9.54. The van der Waals surface area contributed by atoms with Crippen LogP contribution >= 0.6 is 15.9 Å². The lowest BCUT2D eigenvalue weighted by atomic mass is 10.2. The molecule has 0 spiro atoms. The van der Waals surface area contributed by atoms with Crippen LogP contribution in [0.25, 0.3) is 0 Å². The number of amides is 1. The molecule has 29 heavy (non-hydrogen) atoms. The van der Waals surface area contributed by atoms with Crippen LogP contribution in [0.15, 0.2) is 57.7 Å². The maximum atomic E-state index is 12.8. The summed E-state index contributed by atoms with van der Waals surface area (Å²) in [4.78, 5) is 16.9. The zero-order valence-electron chi connectivity index (χ0n) is 16.3. The van der Waals surface area contributed by atoms with Crippen molar-refractivity contribution in [2.24, 2.45) is 7.05 Å². The van der Waals surface area contributed by atoms with E-state index in [9.17, 15) is 4.79 Å². The smallest absolute Gasteiger partial charge is 0.289 e. The lowest BCUT2D eigenvalue weighted by Crippen LogP contribution is -2.48. The maximum Gasteiger partial charge on any atom is 0.289 e. The summed E-state index contributed by atoms with van der Waals surface area (Å²) in [6.07, 6.45) is 3.91. The number of aryl methyl sites for hydroxylation is 1. The van der Waals surface area contributed by atoms with Crippen molar-refractivity contribution in [3.63, 3.8) is 0 Å². The number of benzene rings is 1. The first-order valence-corrected chi connectivity index (χ1v) is 10.3. The van der Waals surface area contributed by atoms with Crippen molar-refractivity contribution in [2.75, 3.05) is 26.2 Å². The summed E-state index contributed by atoms with van der Waals surface area (Å²) in [5.41, 5.74) is 1.19. The van der Waals surface area contributed by atoms with Gasteiger partial charge >= 0.3 is 0 Å². The highest BCUT2D eigenvalue weighted by Crippen LogP contribution is 2.25. The number of para-hydroxylation sites is 1. The van der Waals surface area contributed by atoms with E-state index >= 15 is 0 Å². The Morgan fingerprint density at radius 2 is 1.97 bits per heavy atom. The molecule has 0 bridgehead atoms. The first-order chi connectivity index (χ1) is 14.1. The van der Waals surface area contributed by atoms with E-state index < -0.39 is 0 Å². The average molecular weight is 459 g/mol. The van der Waals surface area contributed by atoms with Crippen LogP contribution in [0.1, 0.15) is 21.9 Å². The van der Waals surface area contributed by atoms with Gasteiger partial charge in [-0.25, -0.2) is 0 Å². The molecule has 1 aliphatic heterocycles. The van der Waals surface area contributed by atoms with E-state index in [0.717, 1.165) is 29.9 Å². The molecule has 0 saturated carbocycles. The highest BCUT2D eigenvalue weighted by molar-refractivity contribution is 9.10. The summed E-state index contributed by atoms with van der Waals surface area (Å²) in [5.74, 6) is 1.65. The topological polar surface area (TPSA) is 63.7 Å². The summed E-state index contributed by atoms with van der Waals surface area (Å²) in [6, 6.07) is 11.2. The van der Waals surface area contributed by atoms with Gasteiger partial charge in [-0.1, -0.05) is 12.1 Å². The number of hydrogen-bond donors (Lipinski definition) is 0. The van der Waals surface area contributed by atoms with Gasteiger partial charge < -0.3 is 14.1 Å². The molecule has 8 heteroatoms. The van der Waals surface area contributed by atoms with Crippen LogP contribution in [0.5, 0.6) is 5.75 Å². The van der Waals surface area contributed by atoms with Crippen LogP contribution in [-0.4, -0.2) is 51.7 Å². The molecule has 3 heterocycles. The Morgan fingerprint density at radius 3 is 2.69 bits per heavy atom. The summed E-state index contributed by atoms with van der Waals surface area (Å²) in [5, 5.41) is 4.21.